The summed E-state index contributed by atoms with van der Waals surface area (Å²) in [6, 6.07) is 11.4. The maximum absolute atomic E-state index is 14.0. The van der Waals surface area contributed by atoms with Crippen molar-refractivity contribution < 1.29 is 87.9 Å². The van der Waals surface area contributed by atoms with E-state index in [0.717, 1.165) is 61.6 Å². The molecule has 2 saturated heterocycles. The third kappa shape index (κ3) is 11.7. The molecular formula is C61H79N5O18. The number of unbranched alkanes of at least 4 members (excludes halogenated alkanes) is 1. The molecule has 23 nitrogen and oxygen atoms in total. The molecule has 8 aliphatic rings. The Labute approximate surface area is 486 Å². The summed E-state index contributed by atoms with van der Waals surface area (Å²) in [6.07, 6.45) is 0.882. The van der Waals surface area contributed by atoms with Crippen LogP contribution < -0.4 is 31.7 Å². The van der Waals surface area contributed by atoms with E-state index in [1.807, 2.05) is 25.1 Å². The zero-order valence-electron chi connectivity index (χ0n) is 47.5. The summed E-state index contributed by atoms with van der Waals surface area (Å²) in [5.74, 6) is -3.39. The summed E-state index contributed by atoms with van der Waals surface area (Å²) in [5.41, 5.74) is 6.29. The van der Waals surface area contributed by atoms with Crippen molar-refractivity contribution in [2.75, 3.05) is 25.0 Å². The Morgan fingerprint density at radius 1 is 0.905 bits per heavy atom. The molecule has 1 spiro atoms. The monoisotopic (exact) mass is 1170 g/mol. The smallest absolute Gasteiger partial charge is 0.407 e. The third-order valence-corrected chi connectivity index (χ3v) is 19.7. The minimum absolute atomic E-state index is 0.00793. The predicted molar refractivity (Wildman–Crippen MR) is 297 cm³/mol. The van der Waals surface area contributed by atoms with Gasteiger partial charge in [0.15, 0.2) is 29.6 Å². The molecule has 6 aliphatic carbocycles. The van der Waals surface area contributed by atoms with Crippen LogP contribution >= 0.6 is 0 Å². The average molecular weight is 1170 g/mol. The predicted octanol–water partition coefficient (Wildman–Crippen LogP) is 2.67. The number of benzene rings is 2. The number of hydrogen-bond acceptors (Lipinski definition) is 18. The van der Waals surface area contributed by atoms with Crippen molar-refractivity contribution in [1.82, 2.24) is 16.0 Å². The molecule has 0 aromatic heterocycles. The Kier molecular flexibility index (Phi) is 17.6. The number of alkyl carbamates (subject to hydrolysis) is 1. The molecule has 2 aliphatic heterocycles. The van der Waals surface area contributed by atoms with E-state index in [1.165, 1.54) is 25.1 Å². The van der Waals surface area contributed by atoms with Gasteiger partial charge in [-0.3, -0.25) is 24.0 Å². The summed E-state index contributed by atoms with van der Waals surface area (Å²) in [7, 11) is 0. The van der Waals surface area contributed by atoms with Gasteiger partial charge in [-0.05, 0) is 142 Å². The molecule has 4 amide bonds. The van der Waals surface area contributed by atoms with Crippen LogP contribution in [0.5, 0.6) is 5.75 Å². The molecule has 0 bridgehead atoms. The van der Waals surface area contributed by atoms with Gasteiger partial charge >= 0.3 is 12.1 Å². The molecule has 15 atom stereocenters. The highest BCUT2D eigenvalue weighted by molar-refractivity contribution is 6.01. The van der Waals surface area contributed by atoms with Crippen LogP contribution in [0.2, 0.25) is 0 Å². The van der Waals surface area contributed by atoms with Gasteiger partial charge in [-0.15, -0.1) is 0 Å². The van der Waals surface area contributed by atoms with Crippen LogP contribution in [0.25, 0.3) is 0 Å². The van der Waals surface area contributed by atoms with Gasteiger partial charge in [-0.2, -0.15) is 0 Å². The second-order valence-electron chi connectivity index (χ2n) is 25.2. The molecule has 2 aromatic carbocycles. The van der Waals surface area contributed by atoms with E-state index in [-0.39, 0.29) is 66.0 Å². The summed E-state index contributed by atoms with van der Waals surface area (Å²) in [4.78, 5) is 89.2. The van der Waals surface area contributed by atoms with E-state index >= 15 is 0 Å². The van der Waals surface area contributed by atoms with Crippen LogP contribution in [-0.4, -0.2) is 152 Å². The lowest BCUT2D eigenvalue weighted by Gasteiger charge is -2.59. The highest BCUT2D eigenvalue weighted by Gasteiger charge is 2.76. The maximum Gasteiger partial charge on any atom is 0.407 e. The zero-order chi connectivity index (χ0) is 60.0. The zero-order valence-corrected chi connectivity index (χ0v) is 47.5. The van der Waals surface area contributed by atoms with Gasteiger partial charge in [0.05, 0.1) is 17.9 Å². The van der Waals surface area contributed by atoms with Gasteiger partial charge in [0, 0.05) is 48.2 Å². The number of aliphatic carboxylic acids is 1. The number of nitrogens with one attached hydrogen (secondary N) is 4. The number of carbonyl (C=O) groups excluding carboxylic acids is 6. The molecule has 5 saturated carbocycles. The quantitative estimate of drug-likeness (QED) is 0.0800. The first-order chi connectivity index (χ1) is 40.0. The van der Waals surface area contributed by atoms with Crippen LogP contribution in [0.4, 0.5) is 10.5 Å². The number of anilines is 1. The molecule has 84 heavy (non-hydrogen) atoms. The Balaban J connectivity index is 0.702. The molecule has 0 unspecified atom stereocenters. The van der Waals surface area contributed by atoms with E-state index in [9.17, 15) is 64.2 Å². The first kappa shape index (κ1) is 61.0. The van der Waals surface area contributed by atoms with E-state index in [4.69, 9.17) is 29.4 Å². The Morgan fingerprint density at radius 2 is 1.64 bits per heavy atom. The summed E-state index contributed by atoms with van der Waals surface area (Å²) in [6.45, 7) is 4.75. The Hall–Kier alpha value is -6.15. The number of aliphatic hydroxyl groups is 5. The summed E-state index contributed by atoms with van der Waals surface area (Å²) < 4.78 is 30.1. The number of amides is 4. The number of ether oxygens (including phenoxy) is 5. The Morgan fingerprint density at radius 3 is 2.35 bits per heavy atom. The van der Waals surface area contributed by atoms with Crippen LogP contribution in [0.15, 0.2) is 66.3 Å². The number of fused-ring (bicyclic) bond motifs is 7. The number of carbonyl (C=O) groups is 7. The second kappa shape index (κ2) is 24.3. The molecule has 2 heterocycles. The summed E-state index contributed by atoms with van der Waals surface area (Å²) >= 11 is 0. The van der Waals surface area contributed by atoms with E-state index in [1.54, 1.807) is 12.2 Å². The topological polar surface area (TPSA) is 361 Å². The maximum atomic E-state index is 14.0. The SMILES string of the molecule is CC(=O)N[C@@H](CCCCN)C(=O)NCCC(=O)Nc1cc(COC(=O)NC2CC3(CC(Cc4ccc([C@@H]5O[C@@H]6C[C@H]7[C@@H]8CCC9=CC(=O)C=C[C@]9(C)[C@H]8[C@@H](O)C[C@]7(C)[C@]6(C(=O)CO)O5)cc4)C3)C2)ccc1O[C@@H]1O[C@H](C(=O)O)[C@@H](O)[C@H](O)[C@H]1O. The second-order valence-corrected chi connectivity index (χ2v) is 25.2. The van der Waals surface area contributed by atoms with Crippen LogP contribution in [0, 0.1) is 39.9 Å². The number of allylic oxidation sites excluding steroid dienone is 4. The lowest BCUT2D eigenvalue weighted by molar-refractivity contribution is -0.271. The summed E-state index contributed by atoms with van der Waals surface area (Å²) in [5, 5.41) is 74.1. The molecule has 23 heteroatoms. The van der Waals surface area contributed by atoms with Gasteiger partial charge in [0.25, 0.3) is 0 Å². The number of Topliss-reactive ketones (excluding diaryl/α,β-unsaturated/α-hetero) is 1. The fourth-order valence-corrected chi connectivity index (χ4v) is 15.9. The largest absolute Gasteiger partial charge is 0.479 e. The molecule has 10 rings (SSSR count). The number of rotatable bonds is 21. The van der Waals surface area contributed by atoms with E-state index < -0.39 is 114 Å². The van der Waals surface area contributed by atoms with E-state index in [2.05, 4.69) is 40.3 Å². The molecule has 0 radical (unpaired) electrons. The number of nitrogens with two attached hydrogens (primary N) is 1. The molecule has 7 fully saturated rings. The number of carboxylic acids is 1. The van der Waals surface area contributed by atoms with Gasteiger partial charge in [-0.25, -0.2) is 9.59 Å². The van der Waals surface area contributed by atoms with Gasteiger partial charge < -0.3 is 81.3 Å². The number of hydrogen-bond donors (Lipinski definition) is 11. The third-order valence-electron chi connectivity index (χ3n) is 19.7. The van der Waals surface area contributed by atoms with Crippen molar-refractivity contribution >= 4 is 47.0 Å². The number of carboxylic acid groups (broad SMARTS) is 1. The number of aliphatic hydroxyl groups excluding tert-OH is 5. The molecule has 12 N–H and O–H groups in total. The van der Waals surface area contributed by atoms with Gasteiger partial charge in [-0.1, -0.05) is 55.8 Å². The first-order valence-electron chi connectivity index (χ1n) is 29.4. The minimum atomic E-state index is -1.97. The molecule has 456 valence electrons. The number of ketones is 2. The fraction of sp³-hybridized carbons (Fsp3) is 0.623. The standard InChI is InChI=1S/C61H79N5O18/c1-31(68)64-41(6-4-5-18-62)53(76)63-19-16-47(72)66-42-21-33(9-14-44(42)81-56-51(75)49(73)50(74)52(83-56)54(77)78)30-80-57(79)65-37-26-60(27-37)24-34(25-60)20-32-7-10-35(11-8-32)55-82-46-23-40-39-13-12-36-22-38(69)15-17-58(36,2)48(39)43(70)28-59(40,3)61(46,84-55)45(71)29-67/h7-11,14-15,17,21-22,34,37,39-41,43,46,48-52,55-56,67,70,73-75H,4-6,12-13,16,18-20,23-30,62H2,1-3H3,(H,63,76)(H,64,68)(H,65,79)(H,66,72)(H,77,78)/t34?,37?,39-,40-,41-,43-,46+,48+,49-,50-,51+,52-,55+,56+,58-,59-,60?,61+/m0/s1. The van der Waals surface area contributed by atoms with Crippen LogP contribution in [0.1, 0.15) is 121 Å². The van der Waals surface area contributed by atoms with Crippen LogP contribution in [-0.2, 0) is 60.7 Å². The van der Waals surface area contributed by atoms with Gasteiger partial charge in [0.2, 0.25) is 24.0 Å². The van der Waals surface area contributed by atoms with Crippen molar-refractivity contribution in [1.29, 1.82) is 0 Å². The van der Waals surface area contributed by atoms with Crippen molar-refractivity contribution in [2.45, 2.75) is 178 Å². The van der Waals surface area contributed by atoms with Crippen molar-refractivity contribution in [3.05, 3.63) is 83.0 Å². The van der Waals surface area contributed by atoms with Gasteiger partial charge in [0.1, 0.15) is 43.3 Å². The first-order valence-corrected chi connectivity index (χ1v) is 29.4. The van der Waals surface area contributed by atoms with Crippen molar-refractivity contribution in [3.63, 3.8) is 0 Å². The highest BCUT2D eigenvalue weighted by Crippen LogP contribution is 2.70. The Bertz CT molecular complexity index is 2920. The van der Waals surface area contributed by atoms with Crippen LogP contribution in [0.3, 0.4) is 0 Å². The van der Waals surface area contributed by atoms with Crippen molar-refractivity contribution in [2.24, 2.45) is 45.7 Å². The lowest BCUT2D eigenvalue weighted by Crippen LogP contribution is -2.63. The minimum Gasteiger partial charge on any atom is -0.479 e. The average Bonchev–Trinajstić information content (AvgIpc) is 1.91. The van der Waals surface area contributed by atoms with Crippen molar-refractivity contribution in [3.8, 4) is 5.75 Å². The lowest BCUT2D eigenvalue weighted by atomic mass is 9.46. The molecule has 2 aromatic rings. The normalized spacial score (nSPS) is 36.5. The highest BCUT2D eigenvalue weighted by atomic mass is 16.7. The van der Waals surface area contributed by atoms with E-state index in [0.29, 0.717) is 50.1 Å². The molecular weight excluding hydrogens is 1090 g/mol. The fourth-order valence-electron chi connectivity index (χ4n) is 15.9.